The lowest BCUT2D eigenvalue weighted by Gasteiger charge is -2.16. The second-order valence-corrected chi connectivity index (χ2v) is 5.17. The van der Waals surface area contributed by atoms with E-state index in [4.69, 9.17) is 0 Å². The van der Waals surface area contributed by atoms with Crippen LogP contribution in [0.15, 0.2) is 60.7 Å². The van der Waals surface area contributed by atoms with Gasteiger partial charge in [-0.2, -0.15) is 0 Å². The highest BCUT2D eigenvalue weighted by Crippen LogP contribution is 2.34. The average molecular weight is 289 g/mol. The van der Waals surface area contributed by atoms with Crippen molar-refractivity contribution in [2.75, 3.05) is 4.90 Å². The van der Waals surface area contributed by atoms with Gasteiger partial charge in [0.15, 0.2) is 0 Å². The Morgan fingerprint density at radius 3 is 2.14 bits per heavy atom. The molecule has 1 heterocycles. The van der Waals surface area contributed by atoms with Crippen LogP contribution in [0.25, 0.3) is 10.8 Å². The molecule has 3 aromatic carbocycles. The zero-order chi connectivity index (χ0) is 15.3. The van der Waals surface area contributed by atoms with Crippen molar-refractivity contribution in [2.45, 2.75) is 0 Å². The Bertz CT molecular complexity index is 911. The maximum Gasteiger partial charge on any atom is 0.266 e. The van der Waals surface area contributed by atoms with E-state index in [1.54, 1.807) is 54.6 Å². The summed E-state index contributed by atoms with van der Waals surface area (Å²) in [6.07, 6.45) is 0. The summed E-state index contributed by atoms with van der Waals surface area (Å²) in [6.45, 7) is 0. The predicted octanol–water partition coefficient (Wildman–Crippen LogP) is 3.35. The fourth-order valence-corrected chi connectivity index (χ4v) is 2.86. The van der Waals surface area contributed by atoms with E-state index in [0.29, 0.717) is 16.8 Å². The van der Waals surface area contributed by atoms with Gasteiger partial charge in [-0.05, 0) is 41.8 Å². The summed E-state index contributed by atoms with van der Waals surface area (Å²) in [5, 5.41) is 11.1. The summed E-state index contributed by atoms with van der Waals surface area (Å²) in [6, 6.07) is 17.0. The number of amides is 2. The van der Waals surface area contributed by atoms with Gasteiger partial charge in [0.1, 0.15) is 5.75 Å². The Morgan fingerprint density at radius 2 is 1.45 bits per heavy atom. The van der Waals surface area contributed by atoms with Gasteiger partial charge >= 0.3 is 0 Å². The zero-order valence-corrected chi connectivity index (χ0v) is 11.5. The van der Waals surface area contributed by atoms with E-state index in [2.05, 4.69) is 0 Å². The van der Waals surface area contributed by atoms with Crippen LogP contribution in [0.3, 0.4) is 0 Å². The molecule has 3 aromatic rings. The van der Waals surface area contributed by atoms with Crippen molar-refractivity contribution in [3.63, 3.8) is 0 Å². The zero-order valence-electron chi connectivity index (χ0n) is 11.5. The lowest BCUT2D eigenvalue weighted by Crippen LogP contribution is -2.29. The molecule has 106 valence electrons. The van der Waals surface area contributed by atoms with E-state index in [1.807, 2.05) is 6.07 Å². The summed E-state index contributed by atoms with van der Waals surface area (Å²) in [7, 11) is 0. The molecule has 4 heteroatoms. The van der Waals surface area contributed by atoms with Gasteiger partial charge in [0, 0.05) is 5.39 Å². The molecule has 0 bridgehead atoms. The number of nitrogens with zero attached hydrogens (tertiary/aromatic N) is 1. The minimum atomic E-state index is -0.318. The normalized spacial score (nSPS) is 13.7. The smallest absolute Gasteiger partial charge is 0.266 e. The molecule has 0 saturated carbocycles. The molecule has 0 spiro atoms. The van der Waals surface area contributed by atoms with Gasteiger partial charge in [-0.1, -0.05) is 24.3 Å². The minimum Gasteiger partial charge on any atom is -0.508 e. The molecule has 4 rings (SSSR count). The second kappa shape index (κ2) is 4.43. The SMILES string of the molecule is O=C1c2ccccc2C(=O)N1c1cccc2cc(O)ccc12. The Hall–Kier alpha value is -3.14. The van der Waals surface area contributed by atoms with Crippen molar-refractivity contribution < 1.29 is 14.7 Å². The number of benzene rings is 3. The van der Waals surface area contributed by atoms with Crippen LogP contribution in [0.4, 0.5) is 5.69 Å². The quantitative estimate of drug-likeness (QED) is 0.699. The molecule has 0 aromatic heterocycles. The number of hydrogen-bond donors (Lipinski definition) is 1. The van der Waals surface area contributed by atoms with Crippen molar-refractivity contribution in [3.8, 4) is 5.75 Å². The highest BCUT2D eigenvalue weighted by molar-refractivity contribution is 6.36. The Kier molecular flexibility index (Phi) is 2.53. The van der Waals surface area contributed by atoms with Crippen LogP contribution < -0.4 is 4.90 Å². The van der Waals surface area contributed by atoms with Gasteiger partial charge < -0.3 is 5.11 Å². The van der Waals surface area contributed by atoms with E-state index in [-0.39, 0.29) is 17.6 Å². The Balaban J connectivity index is 1.94. The van der Waals surface area contributed by atoms with Crippen molar-refractivity contribution in [1.82, 2.24) is 0 Å². The van der Waals surface area contributed by atoms with Crippen molar-refractivity contribution in [3.05, 3.63) is 71.8 Å². The van der Waals surface area contributed by atoms with E-state index in [0.717, 1.165) is 10.8 Å². The van der Waals surface area contributed by atoms with Crippen LogP contribution in [-0.2, 0) is 0 Å². The Labute approximate surface area is 126 Å². The first-order valence-electron chi connectivity index (χ1n) is 6.86. The molecule has 0 unspecified atom stereocenters. The number of carbonyl (C=O) groups is 2. The van der Waals surface area contributed by atoms with Crippen molar-refractivity contribution in [2.24, 2.45) is 0 Å². The highest BCUT2D eigenvalue weighted by atomic mass is 16.3. The molecule has 2 amide bonds. The fourth-order valence-electron chi connectivity index (χ4n) is 2.86. The molecule has 0 atom stereocenters. The van der Waals surface area contributed by atoms with Crippen LogP contribution >= 0.6 is 0 Å². The average Bonchev–Trinajstić information content (AvgIpc) is 2.78. The first-order chi connectivity index (χ1) is 10.7. The molecule has 1 N–H and O–H groups in total. The minimum absolute atomic E-state index is 0.145. The van der Waals surface area contributed by atoms with Gasteiger partial charge in [-0.15, -0.1) is 0 Å². The number of aromatic hydroxyl groups is 1. The molecule has 4 nitrogen and oxygen atoms in total. The fraction of sp³-hybridized carbons (Fsp3) is 0. The van der Waals surface area contributed by atoms with E-state index in [9.17, 15) is 14.7 Å². The summed E-state index contributed by atoms with van der Waals surface area (Å²) in [5.74, 6) is -0.491. The number of hydrogen-bond acceptors (Lipinski definition) is 3. The molecule has 0 saturated heterocycles. The summed E-state index contributed by atoms with van der Waals surface area (Å²) < 4.78 is 0. The van der Waals surface area contributed by atoms with Crippen LogP contribution in [0, 0.1) is 0 Å². The van der Waals surface area contributed by atoms with Gasteiger partial charge in [0.05, 0.1) is 16.8 Å². The van der Waals surface area contributed by atoms with Crippen molar-refractivity contribution >= 4 is 28.3 Å². The molecule has 1 aliphatic rings. The van der Waals surface area contributed by atoms with Gasteiger partial charge in [-0.25, -0.2) is 4.90 Å². The summed E-state index contributed by atoms with van der Waals surface area (Å²) in [4.78, 5) is 26.3. The number of anilines is 1. The number of phenolic OH excluding ortho intramolecular Hbond substituents is 1. The third-order valence-electron chi connectivity index (χ3n) is 3.88. The molecular formula is C18H11NO3. The Morgan fingerprint density at radius 1 is 0.773 bits per heavy atom. The molecular weight excluding hydrogens is 278 g/mol. The summed E-state index contributed by atoms with van der Waals surface area (Å²) in [5.41, 5.74) is 1.37. The molecule has 0 radical (unpaired) electrons. The van der Waals surface area contributed by atoms with E-state index >= 15 is 0 Å². The predicted molar refractivity (Wildman–Crippen MR) is 83.2 cm³/mol. The largest absolute Gasteiger partial charge is 0.508 e. The summed E-state index contributed by atoms with van der Waals surface area (Å²) >= 11 is 0. The first-order valence-corrected chi connectivity index (χ1v) is 6.86. The van der Waals surface area contributed by atoms with Crippen LogP contribution in [0.1, 0.15) is 20.7 Å². The molecule has 1 aliphatic heterocycles. The lowest BCUT2D eigenvalue weighted by molar-refractivity contribution is 0.0926. The maximum absolute atomic E-state index is 12.6. The van der Waals surface area contributed by atoms with Crippen molar-refractivity contribution in [1.29, 1.82) is 0 Å². The monoisotopic (exact) mass is 289 g/mol. The maximum atomic E-state index is 12.6. The third kappa shape index (κ3) is 1.64. The molecule has 0 aliphatic carbocycles. The van der Waals surface area contributed by atoms with Crippen LogP contribution in [0.2, 0.25) is 0 Å². The van der Waals surface area contributed by atoms with Gasteiger partial charge in [-0.3, -0.25) is 9.59 Å². The number of imide groups is 1. The number of rotatable bonds is 1. The topological polar surface area (TPSA) is 57.6 Å². The van der Waals surface area contributed by atoms with Gasteiger partial charge in [0.2, 0.25) is 0 Å². The second-order valence-electron chi connectivity index (χ2n) is 5.17. The lowest BCUT2D eigenvalue weighted by atomic mass is 10.1. The van der Waals surface area contributed by atoms with Crippen LogP contribution in [0.5, 0.6) is 5.75 Å². The number of phenols is 1. The third-order valence-corrected chi connectivity index (χ3v) is 3.88. The standard InChI is InChI=1S/C18H11NO3/c20-12-8-9-13-11(10-12)4-3-7-16(13)19-17(21)14-5-1-2-6-15(14)18(19)22/h1-10,20H. The first kappa shape index (κ1) is 12.6. The highest BCUT2D eigenvalue weighted by Gasteiger charge is 2.36. The molecule has 22 heavy (non-hydrogen) atoms. The van der Waals surface area contributed by atoms with Crippen LogP contribution in [-0.4, -0.2) is 16.9 Å². The number of fused-ring (bicyclic) bond motifs is 2. The molecule has 0 fully saturated rings. The van der Waals surface area contributed by atoms with Gasteiger partial charge in [0.25, 0.3) is 11.8 Å². The number of carbonyl (C=O) groups excluding carboxylic acids is 2. The van der Waals surface area contributed by atoms with E-state index in [1.165, 1.54) is 4.90 Å². The van der Waals surface area contributed by atoms with E-state index < -0.39 is 0 Å².